The molecule has 4 rings (SSSR count). The highest BCUT2D eigenvalue weighted by molar-refractivity contribution is 8.76. The zero-order valence-electron chi connectivity index (χ0n) is 18.8. The largest absolute Gasteiger partial charge is 0.298 e. The normalized spacial score (nSPS) is 12.9. The SMILES string of the molecule is CC(=O)C(Cc1ccccc1)n1ncnc1SSc1ncnn1C(Cc1ccccc1)C(C)=O. The Kier molecular flexibility index (Phi) is 7.91. The Bertz CT molecular complexity index is 1140. The van der Waals surface area contributed by atoms with E-state index in [4.69, 9.17) is 0 Å². The highest BCUT2D eigenvalue weighted by atomic mass is 33.1. The molecule has 0 saturated carbocycles. The maximum atomic E-state index is 12.5. The molecule has 0 spiro atoms. The summed E-state index contributed by atoms with van der Waals surface area (Å²) in [6, 6.07) is 18.7. The quantitative estimate of drug-likeness (QED) is 0.284. The molecule has 8 nitrogen and oxygen atoms in total. The van der Waals surface area contributed by atoms with Gasteiger partial charge in [-0.1, -0.05) is 60.7 Å². The van der Waals surface area contributed by atoms with Crippen LogP contribution in [-0.4, -0.2) is 41.1 Å². The third-order valence-electron chi connectivity index (χ3n) is 5.34. The summed E-state index contributed by atoms with van der Waals surface area (Å²) in [4.78, 5) is 33.6. The zero-order valence-corrected chi connectivity index (χ0v) is 20.4. The van der Waals surface area contributed by atoms with Crippen molar-refractivity contribution in [1.29, 1.82) is 0 Å². The first-order chi connectivity index (χ1) is 16.5. The summed E-state index contributed by atoms with van der Waals surface area (Å²) in [6.07, 6.45) is 3.94. The van der Waals surface area contributed by atoms with Gasteiger partial charge in [-0.05, 0) is 46.6 Å². The Morgan fingerprint density at radius 1 is 0.706 bits per heavy atom. The van der Waals surface area contributed by atoms with E-state index < -0.39 is 12.1 Å². The third kappa shape index (κ3) is 5.81. The molecule has 0 fully saturated rings. The van der Waals surface area contributed by atoms with E-state index >= 15 is 0 Å². The molecule has 0 saturated heterocycles. The first-order valence-electron chi connectivity index (χ1n) is 10.7. The van der Waals surface area contributed by atoms with Gasteiger partial charge in [0, 0.05) is 12.8 Å². The van der Waals surface area contributed by atoms with Crippen LogP contribution < -0.4 is 0 Å². The summed E-state index contributed by atoms with van der Waals surface area (Å²) < 4.78 is 3.31. The average Bonchev–Trinajstić information content (AvgIpc) is 3.50. The molecule has 34 heavy (non-hydrogen) atoms. The van der Waals surface area contributed by atoms with Gasteiger partial charge in [-0.3, -0.25) is 9.59 Å². The van der Waals surface area contributed by atoms with Crippen molar-refractivity contribution in [2.24, 2.45) is 0 Å². The number of aromatic nitrogens is 6. The molecule has 2 heterocycles. The van der Waals surface area contributed by atoms with Crippen LogP contribution in [0.3, 0.4) is 0 Å². The van der Waals surface area contributed by atoms with Crippen LogP contribution in [0.15, 0.2) is 83.6 Å². The maximum Gasteiger partial charge on any atom is 0.198 e. The van der Waals surface area contributed by atoms with E-state index in [-0.39, 0.29) is 11.6 Å². The fourth-order valence-corrected chi connectivity index (χ4v) is 5.57. The van der Waals surface area contributed by atoms with Crippen molar-refractivity contribution in [3.63, 3.8) is 0 Å². The zero-order chi connectivity index (χ0) is 23.9. The first-order valence-corrected chi connectivity index (χ1v) is 12.9. The van der Waals surface area contributed by atoms with E-state index in [9.17, 15) is 9.59 Å². The van der Waals surface area contributed by atoms with Crippen LogP contribution in [0.1, 0.15) is 37.1 Å². The van der Waals surface area contributed by atoms with Gasteiger partial charge in [0.1, 0.15) is 24.7 Å². The molecule has 10 heteroatoms. The molecule has 0 N–H and O–H groups in total. The van der Waals surface area contributed by atoms with E-state index in [0.29, 0.717) is 23.2 Å². The van der Waals surface area contributed by atoms with Gasteiger partial charge >= 0.3 is 0 Å². The van der Waals surface area contributed by atoms with E-state index in [1.807, 2.05) is 60.7 Å². The van der Waals surface area contributed by atoms with Crippen molar-refractivity contribution in [2.45, 2.75) is 49.1 Å². The molecule has 0 aliphatic heterocycles. The summed E-state index contributed by atoms with van der Waals surface area (Å²) in [5.41, 5.74) is 2.10. The van der Waals surface area contributed by atoms with Gasteiger partial charge in [-0.15, -0.1) is 0 Å². The van der Waals surface area contributed by atoms with Crippen molar-refractivity contribution < 1.29 is 9.59 Å². The number of carbonyl (C=O) groups excluding carboxylic acids is 2. The van der Waals surface area contributed by atoms with Crippen LogP contribution in [0.5, 0.6) is 0 Å². The van der Waals surface area contributed by atoms with Crippen molar-refractivity contribution >= 4 is 33.2 Å². The predicted molar refractivity (Wildman–Crippen MR) is 131 cm³/mol. The molecular weight excluding hydrogens is 468 g/mol. The monoisotopic (exact) mass is 492 g/mol. The molecule has 174 valence electrons. The van der Waals surface area contributed by atoms with E-state index in [1.54, 1.807) is 23.2 Å². The number of hydrogen-bond donors (Lipinski definition) is 0. The summed E-state index contributed by atoms with van der Waals surface area (Å²) >= 11 is 0. The molecule has 0 aliphatic carbocycles. The fourth-order valence-electron chi connectivity index (χ4n) is 3.58. The number of carbonyl (C=O) groups is 2. The molecule has 2 atom stereocenters. The molecule has 4 aromatic rings. The Balaban J connectivity index is 1.51. The van der Waals surface area contributed by atoms with Crippen molar-refractivity contribution in [3.8, 4) is 0 Å². The fraction of sp³-hybridized carbons (Fsp3) is 0.250. The number of rotatable bonds is 11. The lowest BCUT2D eigenvalue weighted by Crippen LogP contribution is -2.22. The van der Waals surface area contributed by atoms with Crippen molar-refractivity contribution in [1.82, 2.24) is 29.5 Å². The van der Waals surface area contributed by atoms with Gasteiger partial charge in [0.15, 0.2) is 21.9 Å². The smallest absolute Gasteiger partial charge is 0.198 e. The lowest BCUT2D eigenvalue weighted by Gasteiger charge is -2.17. The van der Waals surface area contributed by atoms with E-state index in [1.165, 1.54) is 34.2 Å². The Morgan fingerprint density at radius 3 is 1.44 bits per heavy atom. The highest BCUT2D eigenvalue weighted by Crippen LogP contribution is 2.37. The molecule has 2 aromatic carbocycles. The Hall–Kier alpha value is -3.24. The lowest BCUT2D eigenvalue weighted by molar-refractivity contribution is -0.121. The van der Waals surface area contributed by atoms with Gasteiger partial charge in [0.2, 0.25) is 0 Å². The minimum atomic E-state index is -0.464. The van der Waals surface area contributed by atoms with Gasteiger partial charge in [-0.2, -0.15) is 10.2 Å². The standard InChI is InChI=1S/C24H24N6O2S2/c1-17(31)21(13-19-9-5-3-6-10-19)29-23(25-15-27-29)33-34-24-26-16-28-30(24)22(18(2)32)14-20-11-7-4-8-12-20/h3-12,15-16,21-22H,13-14H2,1-2H3. The third-order valence-corrected chi connectivity index (χ3v) is 7.45. The summed E-state index contributed by atoms with van der Waals surface area (Å²) in [6.45, 7) is 3.13. The van der Waals surface area contributed by atoms with Crippen LogP contribution in [0, 0.1) is 0 Å². The van der Waals surface area contributed by atoms with Crippen molar-refractivity contribution in [3.05, 3.63) is 84.4 Å². The molecule has 0 radical (unpaired) electrons. The van der Waals surface area contributed by atoms with Crippen LogP contribution in [-0.2, 0) is 22.4 Å². The van der Waals surface area contributed by atoms with Crippen molar-refractivity contribution in [2.75, 3.05) is 0 Å². The van der Waals surface area contributed by atoms with Gasteiger partial charge < -0.3 is 0 Å². The highest BCUT2D eigenvalue weighted by Gasteiger charge is 2.25. The summed E-state index contributed by atoms with van der Waals surface area (Å²) in [7, 11) is 2.67. The number of ketones is 2. The number of benzene rings is 2. The predicted octanol–water partition coefficient (Wildman–Crippen LogP) is 4.41. The van der Waals surface area contributed by atoms with Gasteiger partial charge in [0.05, 0.1) is 0 Å². The molecule has 0 aliphatic rings. The molecule has 0 amide bonds. The minimum Gasteiger partial charge on any atom is -0.298 e. The van der Waals surface area contributed by atoms with Gasteiger partial charge in [0.25, 0.3) is 0 Å². The van der Waals surface area contributed by atoms with Crippen LogP contribution in [0.2, 0.25) is 0 Å². The van der Waals surface area contributed by atoms with Crippen LogP contribution in [0.4, 0.5) is 0 Å². The van der Waals surface area contributed by atoms with E-state index in [2.05, 4.69) is 20.2 Å². The number of Topliss-reactive ketones (excluding diaryl/α,β-unsaturated/α-hetero) is 2. The summed E-state index contributed by atoms with van der Waals surface area (Å²) in [5.74, 6) is 0.00718. The van der Waals surface area contributed by atoms with E-state index in [0.717, 1.165) is 11.1 Å². The second kappa shape index (κ2) is 11.3. The second-order valence-corrected chi connectivity index (χ2v) is 9.84. The lowest BCUT2D eigenvalue weighted by atomic mass is 10.0. The van der Waals surface area contributed by atoms with Crippen LogP contribution in [0.25, 0.3) is 0 Å². The minimum absolute atomic E-state index is 0.00359. The number of nitrogens with zero attached hydrogens (tertiary/aromatic N) is 6. The topological polar surface area (TPSA) is 95.6 Å². The number of hydrogen-bond acceptors (Lipinski definition) is 8. The van der Waals surface area contributed by atoms with Crippen LogP contribution >= 0.6 is 21.6 Å². The summed E-state index contributed by atoms with van der Waals surface area (Å²) in [5, 5.41) is 9.82. The molecule has 2 unspecified atom stereocenters. The maximum absolute atomic E-state index is 12.5. The molecular formula is C24H24N6O2S2. The Morgan fingerprint density at radius 2 is 1.09 bits per heavy atom. The Labute approximate surface area is 205 Å². The first kappa shape index (κ1) is 23.9. The molecule has 0 bridgehead atoms. The average molecular weight is 493 g/mol. The van der Waals surface area contributed by atoms with Gasteiger partial charge in [-0.25, -0.2) is 19.3 Å². The molecule has 2 aromatic heterocycles. The second-order valence-electron chi connectivity index (χ2n) is 7.77.